The Labute approximate surface area is 192 Å². The number of aromatic carboxylic acids is 1. The standard InChI is InChI=1S/C29H26F2O2/c1-3-17-4-9-23-21-8-6-20(29(32)33)15-19(21)5-10-24(23)25-12-11-22(28(31)27(17)25)18-7-13-26(30)16(2)14-18/h6-8,11-15,17H,3-5,9-10H2,1-2H3,(H,32,33). The molecule has 0 heterocycles. The second-order valence-electron chi connectivity index (χ2n) is 9.13. The highest BCUT2D eigenvalue weighted by molar-refractivity contribution is 5.97. The summed E-state index contributed by atoms with van der Waals surface area (Å²) in [5, 5.41) is 9.37. The van der Waals surface area contributed by atoms with Gasteiger partial charge >= 0.3 is 5.97 Å². The molecule has 1 unspecified atom stereocenters. The zero-order valence-electron chi connectivity index (χ0n) is 18.8. The maximum Gasteiger partial charge on any atom is 0.335 e. The number of carboxylic acid groups (broad SMARTS) is 1. The molecule has 168 valence electrons. The summed E-state index contributed by atoms with van der Waals surface area (Å²) in [5.41, 5.74) is 8.32. The molecule has 2 aliphatic rings. The summed E-state index contributed by atoms with van der Waals surface area (Å²) in [6.45, 7) is 3.79. The van der Waals surface area contributed by atoms with Crippen molar-refractivity contribution in [1.29, 1.82) is 0 Å². The zero-order valence-corrected chi connectivity index (χ0v) is 18.8. The van der Waals surface area contributed by atoms with Crippen LogP contribution in [0.25, 0.3) is 22.3 Å². The van der Waals surface area contributed by atoms with Gasteiger partial charge in [-0.1, -0.05) is 31.2 Å². The highest BCUT2D eigenvalue weighted by atomic mass is 19.1. The Hall–Kier alpha value is -3.27. The van der Waals surface area contributed by atoms with Crippen molar-refractivity contribution in [2.75, 3.05) is 0 Å². The topological polar surface area (TPSA) is 37.3 Å². The maximum absolute atomic E-state index is 16.1. The minimum atomic E-state index is -0.916. The third kappa shape index (κ3) is 3.58. The molecule has 2 aliphatic carbocycles. The van der Waals surface area contributed by atoms with Gasteiger partial charge < -0.3 is 5.11 Å². The number of benzene rings is 3. The van der Waals surface area contributed by atoms with Gasteiger partial charge in [-0.15, -0.1) is 0 Å². The molecule has 0 bridgehead atoms. The molecule has 0 radical (unpaired) electrons. The number of fused-ring (bicyclic) bond motifs is 4. The van der Waals surface area contributed by atoms with E-state index >= 15 is 4.39 Å². The Morgan fingerprint density at radius 2 is 1.67 bits per heavy atom. The van der Waals surface area contributed by atoms with Crippen LogP contribution in [0.2, 0.25) is 0 Å². The Bertz CT molecular complexity index is 1320. The minimum Gasteiger partial charge on any atom is -0.478 e. The van der Waals surface area contributed by atoms with Gasteiger partial charge in [-0.05, 0) is 114 Å². The summed E-state index contributed by atoms with van der Waals surface area (Å²) in [5.74, 6) is -1.32. The Morgan fingerprint density at radius 3 is 2.39 bits per heavy atom. The lowest BCUT2D eigenvalue weighted by Gasteiger charge is -2.24. The first kappa shape index (κ1) is 21.6. The van der Waals surface area contributed by atoms with E-state index in [0.717, 1.165) is 54.4 Å². The van der Waals surface area contributed by atoms with Gasteiger partial charge in [0.1, 0.15) is 11.6 Å². The number of carbonyl (C=O) groups is 1. The highest BCUT2D eigenvalue weighted by Crippen LogP contribution is 2.48. The molecule has 0 saturated heterocycles. The Morgan fingerprint density at radius 1 is 0.939 bits per heavy atom. The molecular formula is C29H26F2O2. The van der Waals surface area contributed by atoms with Gasteiger partial charge in [0.2, 0.25) is 0 Å². The van der Waals surface area contributed by atoms with Crippen molar-refractivity contribution in [2.24, 2.45) is 0 Å². The molecule has 0 saturated carbocycles. The zero-order chi connectivity index (χ0) is 23.3. The van der Waals surface area contributed by atoms with Gasteiger partial charge in [0.15, 0.2) is 0 Å². The molecular weight excluding hydrogens is 418 g/mol. The predicted octanol–water partition coefficient (Wildman–Crippen LogP) is 7.78. The minimum absolute atomic E-state index is 0.0915. The summed E-state index contributed by atoms with van der Waals surface area (Å²) >= 11 is 0. The number of carboxylic acids is 1. The van der Waals surface area contributed by atoms with Gasteiger partial charge in [0.25, 0.3) is 0 Å². The van der Waals surface area contributed by atoms with Crippen LogP contribution in [0.3, 0.4) is 0 Å². The second kappa shape index (κ2) is 8.26. The predicted molar refractivity (Wildman–Crippen MR) is 127 cm³/mol. The number of halogens is 2. The third-order valence-corrected chi connectivity index (χ3v) is 7.30. The normalized spacial score (nSPS) is 17.2. The van der Waals surface area contributed by atoms with E-state index < -0.39 is 5.97 Å². The summed E-state index contributed by atoms with van der Waals surface area (Å²) in [4.78, 5) is 11.4. The molecule has 0 spiro atoms. The lowest BCUT2D eigenvalue weighted by atomic mass is 9.80. The molecule has 0 fully saturated rings. The number of hydrogen-bond acceptors (Lipinski definition) is 1. The molecule has 1 atom stereocenters. The molecule has 2 nitrogen and oxygen atoms in total. The second-order valence-corrected chi connectivity index (χ2v) is 9.13. The highest BCUT2D eigenvalue weighted by Gasteiger charge is 2.30. The molecule has 0 aromatic heterocycles. The molecule has 1 N–H and O–H groups in total. The van der Waals surface area contributed by atoms with E-state index in [1.807, 2.05) is 18.2 Å². The molecule has 0 aliphatic heterocycles. The van der Waals surface area contributed by atoms with E-state index in [4.69, 9.17) is 0 Å². The number of allylic oxidation sites excluding steroid dienone is 2. The fraction of sp³-hybridized carbons (Fsp3) is 0.276. The van der Waals surface area contributed by atoms with Crippen LogP contribution < -0.4 is 0 Å². The van der Waals surface area contributed by atoms with Crippen LogP contribution in [-0.4, -0.2) is 11.1 Å². The van der Waals surface area contributed by atoms with Gasteiger partial charge in [-0.3, -0.25) is 0 Å². The lowest BCUT2D eigenvalue weighted by molar-refractivity contribution is 0.0696. The van der Waals surface area contributed by atoms with E-state index in [9.17, 15) is 14.3 Å². The van der Waals surface area contributed by atoms with Crippen molar-refractivity contribution in [3.8, 4) is 11.1 Å². The van der Waals surface area contributed by atoms with Gasteiger partial charge in [-0.2, -0.15) is 0 Å². The van der Waals surface area contributed by atoms with Crippen molar-refractivity contribution in [1.82, 2.24) is 0 Å². The van der Waals surface area contributed by atoms with Crippen LogP contribution in [-0.2, 0) is 6.42 Å². The monoisotopic (exact) mass is 444 g/mol. The van der Waals surface area contributed by atoms with Crippen LogP contribution in [0.15, 0.2) is 48.5 Å². The van der Waals surface area contributed by atoms with Crippen LogP contribution in [0, 0.1) is 18.6 Å². The molecule has 5 rings (SSSR count). The van der Waals surface area contributed by atoms with Gasteiger partial charge in [-0.25, -0.2) is 13.6 Å². The quantitative estimate of drug-likeness (QED) is 0.448. The van der Waals surface area contributed by atoms with Crippen molar-refractivity contribution < 1.29 is 18.7 Å². The van der Waals surface area contributed by atoms with Crippen molar-refractivity contribution in [2.45, 2.75) is 51.9 Å². The van der Waals surface area contributed by atoms with E-state index in [-0.39, 0.29) is 17.6 Å². The number of rotatable bonds is 3. The van der Waals surface area contributed by atoms with E-state index in [0.29, 0.717) is 22.3 Å². The van der Waals surface area contributed by atoms with Crippen molar-refractivity contribution in [3.05, 3.63) is 93.5 Å². The van der Waals surface area contributed by atoms with Crippen LogP contribution in [0.4, 0.5) is 8.78 Å². The maximum atomic E-state index is 16.1. The fourth-order valence-corrected chi connectivity index (χ4v) is 5.55. The Balaban J connectivity index is 1.68. The van der Waals surface area contributed by atoms with Crippen molar-refractivity contribution in [3.63, 3.8) is 0 Å². The summed E-state index contributed by atoms with van der Waals surface area (Å²) < 4.78 is 29.9. The summed E-state index contributed by atoms with van der Waals surface area (Å²) in [6.07, 6.45) is 4.02. The van der Waals surface area contributed by atoms with Gasteiger partial charge in [0.05, 0.1) is 5.56 Å². The molecule has 0 amide bonds. The van der Waals surface area contributed by atoms with Crippen LogP contribution >= 0.6 is 0 Å². The fourth-order valence-electron chi connectivity index (χ4n) is 5.55. The largest absolute Gasteiger partial charge is 0.478 e. The number of hydrogen-bond donors (Lipinski definition) is 1. The third-order valence-electron chi connectivity index (χ3n) is 7.30. The Kier molecular flexibility index (Phi) is 5.40. The molecule has 33 heavy (non-hydrogen) atoms. The van der Waals surface area contributed by atoms with Crippen LogP contribution in [0.5, 0.6) is 0 Å². The summed E-state index contributed by atoms with van der Waals surface area (Å²) in [7, 11) is 0. The summed E-state index contributed by atoms with van der Waals surface area (Å²) in [6, 6.07) is 14.0. The van der Waals surface area contributed by atoms with E-state index in [1.54, 1.807) is 31.2 Å². The molecule has 4 heteroatoms. The van der Waals surface area contributed by atoms with E-state index in [1.165, 1.54) is 17.2 Å². The lowest BCUT2D eigenvalue weighted by Crippen LogP contribution is -2.08. The average molecular weight is 445 g/mol. The SMILES string of the molecule is CCC1CCC2=C(CCc3cc(C(=O)O)ccc32)c2ccc(-c3ccc(F)c(C)c3)c(F)c21. The van der Waals surface area contributed by atoms with Gasteiger partial charge in [0, 0.05) is 5.56 Å². The average Bonchev–Trinajstić information content (AvgIpc) is 2.98. The van der Waals surface area contributed by atoms with E-state index in [2.05, 4.69) is 6.92 Å². The smallest absolute Gasteiger partial charge is 0.335 e. The van der Waals surface area contributed by atoms with Crippen molar-refractivity contribution >= 4 is 17.1 Å². The number of aryl methyl sites for hydroxylation is 2. The molecule has 3 aromatic rings. The van der Waals surface area contributed by atoms with Crippen LogP contribution in [0.1, 0.15) is 76.7 Å². The first-order chi connectivity index (χ1) is 15.9. The first-order valence-corrected chi connectivity index (χ1v) is 11.6. The first-order valence-electron chi connectivity index (χ1n) is 11.6. The molecule has 3 aromatic carbocycles.